The van der Waals surface area contributed by atoms with Crippen molar-refractivity contribution >= 4 is 51.5 Å². The molecule has 5 rings (SSSR count). The summed E-state index contributed by atoms with van der Waals surface area (Å²) in [6, 6.07) is 17.7. The summed E-state index contributed by atoms with van der Waals surface area (Å²) in [4.78, 5) is 28.9. The number of benzene rings is 2. The van der Waals surface area contributed by atoms with E-state index in [0.29, 0.717) is 17.5 Å². The summed E-state index contributed by atoms with van der Waals surface area (Å²) in [5.41, 5.74) is 4.30. The normalized spacial score (nSPS) is 14.0. The van der Waals surface area contributed by atoms with Crippen molar-refractivity contribution in [3.8, 4) is 0 Å². The number of rotatable bonds is 7. The maximum absolute atomic E-state index is 11.6. The van der Waals surface area contributed by atoms with E-state index in [9.17, 15) is 4.79 Å². The highest BCUT2D eigenvalue weighted by Gasteiger charge is 2.14. The number of piperazine rings is 1. The Morgan fingerprint density at radius 3 is 2.51 bits per heavy atom. The van der Waals surface area contributed by atoms with Crippen molar-refractivity contribution < 1.29 is 4.79 Å². The molecule has 3 heterocycles. The molecule has 4 N–H and O–H groups in total. The SMILES string of the molecule is C=CC(=O)Nc1cccc(Nc2nc(Nc3ccc(N4CCN(C)CC4)cc3)nc3[nH]ccc23)c1. The number of nitrogens with one attached hydrogen (secondary N) is 4. The van der Waals surface area contributed by atoms with Gasteiger partial charge in [0, 0.05) is 55.1 Å². The van der Waals surface area contributed by atoms with Crippen LogP contribution >= 0.6 is 0 Å². The molecular weight excluding hydrogens is 440 g/mol. The summed E-state index contributed by atoms with van der Waals surface area (Å²) in [5, 5.41) is 10.3. The van der Waals surface area contributed by atoms with Gasteiger partial charge in [0.05, 0.1) is 5.39 Å². The quantitative estimate of drug-likeness (QED) is 0.300. The van der Waals surface area contributed by atoms with E-state index in [-0.39, 0.29) is 5.91 Å². The van der Waals surface area contributed by atoms with Gasteiger partial charge in [0.1, 0.15) is 11.5 Å². The summed E-state index contributed by atoms with van der Waals surface area (Å²) in [6.45, 7) is 7.70. The molecule has 2 aromatic carbocycles. The monoisotopic (exact) mass is 468 g/mol. The Balaban J connectivity index is 1.35. The van der Waals surface area contributed by atoms with E-state index in [1.165, 1.54) is 11.8 Å². The average molecular weight is 469 g/mol. The smallest absolute Gasteiger partial charge is 0.247 e. The molecule has 0 atom stereocenters. The Hall–Kier alpha value is -4.37. The summed E-state index contributed by atoms with van der Waals surface area (Å²) in [5.74, 6) is 0.869. The zero-order valence-electron chi connectivity index (χ0n) is 19.6. The van der Waals surface area contributed by atoms with Gasteiger partial charge in [0.25, 0.3) is 0 Å². The van der Waals surface area contributed by atoms with Crippen LogP contribution in [0.5, 0.6) is 0 Å². The predicted molar refractivity (Wildman–Crippen MR) is 142 cm³/mol. The van der Waals surface area contributed by atoms with Crippen LogP contribution in [0.15, 0.2) is 73.4 Å². The number of fused-ring (bicyclic) bond motifs is 1. The first-order valence-corrected chi connectivity index (χ1v) is 11.5. The molecule has 0 unspecified atom stereocenters. The highest BCUT2D eigenvalue weighted by molar-refractivity contribution is 5.99. The lowest BCUT2D eigenvalue weighted by molar-refractivity contribution is -0.111. The number of amides is 1. The summed E-state index contributed by atoms with van der Waals surface area (Å²) >= 11 is 0. The number of H-pyrrole nitrogens is 1. The molecule has 0 spiro atoms. The summed E-state index contributed by atoms with van der Waals surface area (Å²) in [6.07, 6.45) is 3.07. The maximum Gasteiger partial charge on any atom is 0.247 e. The minimum Gasteiger partial charge on any atom is -0.369 e. The molecule has 1 aliphatic rings. The van der Waals surface area contributed by atoms with Crippen LogP contribution in [0.2, 0.25) is 0 Å². The topological polar surface area (TPSA) is 101 Å². The Labute approximate surface area is 203 Å². The molecule has 9 nitrogen and oxygen atoms in total. The number of carbonyl (C=O) groups is 1. The van der Waals surface area contributed by atoms with Gasteiger partial charge in [-0.1, -0.05) is 12.6 Å². The first-order chi connectivity index (χ1) is 17.1. The van der Waals surface area contributed by atoms with E-state index < -0.39 is 0 Å². The zero-order valence-corrected chi connectivity index (χ0v) is 19.6. The molecule has 1 fully saturated rings. The van der Waals surface area contributed by atoms with E-state index in [1.54, 1.807) is 0 Å². The van der Waals surface area contributed by atoms with Gasteiger partial charge < -0.3 is 30.7 Å². The molecule has 1 amide bonds. The fourth-order valence-electron chi connectivity index (χ4n) is 4.05. The third-order valence-corrected chi connectivity index (χ3v) is 5.99. The van der Waals surface area contributed by atoms with Gasteiger partial charge in [-0.25, -0.2) is 0 Å². The lowest BCUT2D eigenvalue weighted by Crippen LogP contribution is -2.44. The van der Waals surface area contributed by atoms with Gasteiger partial charge in [-0.2, -0.15) is 9.97 Å². The van der Waals surface area contributed by atoms with E-state index in [0.717, 1.165) is 48.6 Å². The van der Waals surface area contributed by atoms with Crippen molar-refractivity contribution in [2.45, 2.75) is 0 Å². The largest absolute Gasteiger partial charge is 0.369 e. The molecular formula is C26H28N8O. The molecule has 1 aliphatic heterocycles. The van der Waals surface area contributed by atoms with Crippen molar-refractivity contribution in [1.82, 2.24) is 19.9 Å². The number of hydrogen-bond donors (Lipinski definition) is 4. The van der Waals surface area contributed by atoms with Gasteiger partial charge >= 0.3 is 0 Å². The second-order valence-corrected chi connectivity index (χ2v) is 8.50. The fraction of sp³-hybridized carbons (Fsp3) is 0.192. The van der Waals surface area contributed by atoms with Gasteiger partial charge in [0.15, 0.2) is 0 Å². The third kappa shape index (κ3) is 5.25. The fourth-order valence-corrected chi connectivity index (χ4v) is 4.05. The van der Waals surface area contributed by atoms with E-state index in [2.05, 4.69) is 73.6 Å². The van der Waals surface area contributed by atoms with Gasteiger partial charge in [-0.3, -0.25) is 4.79 Å². The van der Waals surface area contributed by atoms with Crippen molar-refractivity contribution in [1.29, 1.82) is 0 Å². The van der Waals surface area contributed by atoms with E-state index >= 15 is 0 Å². The number of aromatic amines is 1. The van der Waals surface area contributed by atoms with E-state index in [4.69, 9.17) is 4.98 Å². The van der Waals surface area contributed by atoms with Crippen LogP contribution in [0.1, 0.15) is 0 Å². The lowest BCUT2D eigenvalue weighted by atomic mass is 10.2. The minimum absolute atomic E-state index is 0.262. The van der Waals surface area contributed by atoms with Crippen molar-refractivity contribution in [2.75, 3.05) is 54.1 Å². The highest BCUT2D eigenvalue weighted by atomic mass is 16.1. The van der Waals surface area contributed by atoms with Gasteiger partial charge in [-0.15, -0.1) is 0 Å². The molecule has 9 heteroatoms. The second-order valence-electron chi connectivity index (χ2n) is 8.50. The van der Waals surface area contributed by atoms with Crippen molar-refractivity contribution in [2.24, 2.45) is 0 Å². The van der Waals surface area contributed by atoms with Crippen LogP contribution in [0.3, 0.4) is 0 Å². The molecule has 178 valence electrons. The van der Waals surface area contributed by atoms with Crippen LogP contribution in [-0.2, 0) is 4.79 Å². The first-order valence-electron chi connectivity index (χ1n) is 11.5. The Kier molecular flexibility index (Phi) is 6.32. The Morgan fingerprint density at radius 2 is 1.74 bits per heavy atom. The molecule has 0 saturated carbocycles. The van der Waals surface area contributed by atoms with Crippen LogP contribution in [0.4, 0.5) is 34.5 Å². The predicted octanol–water partition coefficient (Wildman–Crippen LogP) is 4.32. The number of aromatic nitrogens is 3. The summed E-state index contributed by atoms with van der Waals surface area (Å²) in [7, 11) is 2.16. The minimum atomic E-state index is -0.262. The molecule has 1 saturated heterocycles. The van der Waals surface area contributed by atoms with Gasteiger partial charge in [-0.05, 0) is 61.7 Å². The zero-order chi connectivity index (χ0) is 24.2. The van der Waals surface area contributed by atoms with Crippen molar-refractivity contribution in [3.05, 3.63) is 73.4 Å². The van der Waals surface area contributed by atoms with Gasteiger partial charge in [0.2, 0.25) is 11.9 Å². The highest BCUT2D eigenvalue weighted by Crippen LogP contribution is 2.28. The molecule has 35 heavy (non-hydrogen) atoms. The third-order valence-electron chi connectivity index (χ3n) is 5.99. The molecule has 2 aromatic heterocycles. The molecule has 0 radical (unpaired) electrons. The Bertz CT molecular complexity index is 1340. The average Bonchev–Trinajstić information content (AvgIpc) is 3.34. The van der Waals surface area contributed by atoms with E-state index in [1.807, 2.05) is 36.5 Å². The van der Waals surface area contributed by atoms with Crippen LogP contribution in [-0.4, -0.2) is 59.0 Å². The number of anilines is 6. The summed E-state index contributed by atoms with van der Waals surface area (Å²) < 4.78 is 0. The second kappa shape index (κ2) is 9.86. The van der Waals surface area contributed by atoms with Crippen LogP contribution in [0.25, 0.3) is 11.0 Å². The molecule has 0 bridgehead atoms. The molecule has 0 aliphatic carbocycles. The number of hydrogen-bond acceptors (Lipinski definition) is 7. The first kappa shape index (κ1) is 22.4. The standard InChI is InChI=1S/C26H28N8O/c1-3-23(35)28-19-5-4-6-20(17-19)29-25-22-11-12-27-24(22)31-26(32-25)30-18-7-9-21(10-8-18)34-15-13-33(2)14-16-34/h3-12,17H,1,13-16H2,2H3,(H,28,35)(H3,27,29,30,31,32). The van der Waals surface area contributed by atoms with Crippen LogP contribution < -0.4 is 20.9 Å². The van der Waals surface area contributed by atoms with Crippen molar-refractivity contribution in [3.63, 3.8) is 0 Å². The maximum atomic E-state index is 11.6. The Morgan fingerprint density at radius 1 is 0.971 bits per heavy atom. The van der Waals surface area contributed by atoms with Crippen LogP contribution in [0, 0.1) is 0 Å². The number of carbonyl (C=O) groups excluding carboxylic acids is 1. The molecule has 4 aromatic rings. The number of likely N-dealkylation sites (N-methyl/N-ethyl adjacent to an activating group) is 1. The lowest BCUT2D eigenvalue weighted by Gasteiger charge is -2.34. The number of nitrogens with zero attached hydrogens (tertiary/aromatic N) is 4.